The fraction of sp³-hybridized carbons (Fsp3) is 0.227. The summed E-state index contributed by atoms with van der Waals surface area (Å²) in [5, 5.41) is 7.83. The summed E-state index contributed by atoms with van der Waals surface area (Å²) >= 11 is 0. The third-order valence-corrected chi connectivity index (χ3v) is 4.22. The zero-order valence-corrected chi connectivity index (χ0v) is 15.3. The standard InChI is InChI=1S/C22H24N2O2/c1-15(2)18-11-6-7-14-21(18)26-16(3)23-22(25)24-20-13-8-10-17-9-4-5-12-19(17)20/h4-16H,1-3H3,(H2,23,24,25). The molecule has 0 saturated heterocycles. The van der Waals surface area contributed by atoms with Crippen LogP contribution in [0.2, 0.25) is 0 Å². The summed E-state index contributed by atoms with van der Waals surface area (Å²) in [7, 11) is 0. The van der Waals surface area contributed by atoms with Crippen LogP contribution in [0, 0.1) is 0 Å². The van der Waals surface area contributed by atoms with Gasteiger partial charge in [0.05, 0.1) is 5.69 Å². The maximum atomic E-state index is 12.4. The Balaban J connectivity index is 1.66. The number of fused-ring (bicyclic) bond motifs is 1. The lowest BCUT2D eigenvalue weighted by Crippen LogP contribution is -2.39. The van der Waals surface area contributed by atoms with Gasteiger partial charge in [0.1, 0.15) is 5.75 Å². The Morgan fingerprint density at radius 3 is 2.38 bits per heavy atom. The molecular formula is C22H24N2O2. The molecule has 2 amide bonds. The second-order valence-corrected chi connectivity index (χ2v) is 6.58. The van der Waals surface area contributed by atoms with Gasteiger partial charge >= 0.3 is 6.03 Å². The molecule has 3 aromatic carbocycles. The molecule has 0 aliphatic carbocycles. The molecule has 2 N–H and O–H groups in total. The fourth-order valence-corrected chi connectivity index (χ4v) is 2.96. The summed E-state index contributed by atoms with van der Waals surface area (Å²) < 4.78 is 5.93. The predicted octanol–water partition coefficient (Wildman–Crippen LogP) is 5.51. The van der Waals surface area contributed by atoms with Crippen molar-refractivity contribution in [1.29, 1.82) is 0 Å². The number of para-hydroxylation sites is 1. The number of rotatable bonds is 5. The Kier molecular flexibility index (Phi) is 5.42. The number of anilines is 1. The number of nitrogens with one attached hydrogen (secondary N) is 2. The molecule has 3 rings (SSSR count). The Morgan fingerprint density at radius 2 is 1.58 bits per heavy atom. The maximum absolute atomic E-state index is 12.4. The van der Waals surface area contributed by atoms with E-state index in [2.05, 4.69) is 24.5 Å². The van der Waals surface area contributed by atoms with Crippen molar-refractivity contribution in [3.05, 3.63) is 72.3 Å². The van der Waals surface area contributed by atoms with Gasteiger partial charge in [-0.15, -0.1) is 0 Å². The second kappa shape index (κ2) is 7.91. The maximum Gasteiger partial charge on any atom is 0.322 e. The number of carbonyl (C=O) groups is 1. The van der Waals surface area contributed by atoms with Crippen molar-refractivity contribution in [3.8, 4) is 5.75 Å². The molecule has 0 aromatic heterocycles. The van der Waals surface area contributed by atoms with E-state index in [1.165, 1.54) is 0 Å². The molecule has 0 aliphatic rings. The number of hydrogen-bond donors (Lipinski definition) is 2. The first kappa shape index (κ1) is 17.8. The molecule has 0 bridgehead atoms. The summed E-state index contributed by atoms with van der Waals surface area (Å²) in [6, 6.07) is 21.4. The van der Waals surface area contributed by atoms with E-state index in [4.69, 9.17) is 4.74 Å². The van der Waals surface area contributed by atoms with Crippen LogP contribution in [0.15, 0.2) is 66.7 Å². The van der Waals surface area contributed by atoms with E-state index in [0.717, 1.165) is 27.8 Å². The average Bonchev–Trinajstić information content (AvgIpc) is 2.62. The number of urea groups is 1. The molecule has 4 heteroatoms. The number of carbonyl (C=O) groups excluding carboxylic acids is 1. The minimum atomic E-state index is -0.454. The normalized spacial score (nSPS) is 12.0. The lowest BCUT2D eigenvalue weighted by Gasteiger charge is -2.20. The molecule has 0 aliphatic heterocycles. The molecule has 4 nitrogen and oxygen atoms in total. The van der Waals surface area contributed by atoms with Crippen LogP contribution in [0.4, 0.5) is 10.5 Å². The second-order valence-electron chi connectivity index (χ2n) is 6.58. The highest BCUT2D eigenvalue weighted by Crippen LogP contribution is 2.26. The third-order valence-electron chi connectivity index (χ3n) is 4.22. The smallest absolute Gasteiger partial charge is 0.322 e. The van der Waals surface area contributed by atoms with Gasteiger partial charge in [-0.2, -0.15) is 0 Å². The van der Waals surface area contributed by atoms with Crippen molar-refractivity contribution in [1.82, 2.24) is 5.32 Å². The molecule has 0 spiro atoms. The zero-order valence-electron chi connectivity index (χ0n) is 15.3. The van der Waals surface area contributed by atoms with Gasteiger partial charge in [-0.1, -0.05) is 68.4 Å². The highest BCUT2D eigenvalue weighted by atomic mass is 16.5. The van der Waals surface area contributed by atoms with E-state index >= 15 is 0 Å². The highest BCUT2D eigenvalue weighted by molar-refractivity contribution is 6.01. The van der Waals surface area contributed by atoms with Crippen molar-refractivity contribution < 1.29 is 9.53 Å². The van der Waals surface area contributed by atoms with Crippen LogP contribution in [-0.2, 0) is 0 Å². The lowest BCUT2D eigenvalue weighted by molar-refractivity contribution is 0.181. The SMILES string of the molecule is CC(NC(=O)Nc1cccc2ccccc12)Oc1ccccc1C(C)C. The van der Waals surface area contributed by atoms with Crippen molar-refractivity contribution in [2.24, 2.45) is 0 Å². The van der Waals surface area contributed by atoms with Crippen LogP contribution in [-0.4, -0.2) is 12.3 Å². The van der Waals surface area contributed by atoms with Gasteiger partial charge in [-0.05, 0) is 35.9 Å². The van der Waals surface area contributed by atoms with E-state index in [1.807, 2.05) is 73.7 Å². The molecule has 1 unspecified atom stereocenters. The van der Waals surface area contributed by atoms with Crippen LogP contribution in [0.1, 0.15) is 32.3 Å². The van der Waals surface area contributed by atoms with E-state index in [1.54, 1.807) is 0 Å². The Morgan fingerprint density at radius 1 is 0.885 bits per heavy atom. The summed E-state index contributed by atoms with van der Waals surface area (Å²) in [5.74, 6) is 1.14. The van der Waals surface area contributed by atoms with Crippen molar-refractivity contribution in [2.75, 3.05) is 5.32 Å². The number of hydrogen-bond acceptors (Lipinski definition) is 2. The first-order chi connectivity index (χ1) is 12.5. The monoisotopic (exact) mass is 348 g/mol. The summed E-state index contributed by atoms with van der Waals surface area (Å²) in [5.41, 5.74) is 1.89. The Bertz CT molecular complexity index is 900. The van der Waals surface area contributed by atoms with E-state index in [-0.39, 0.29) is 6.03 Å². The van der Waals surface area contributed by atoms with Gasteiger partial charge in [0.25, 0.3) is 0 Å². The van der Waals surface area contributed by atoms with Gasteiger partial charge in [0.15, 0.2) is 6.23 Å². The van der Waals surface area contributed by atoms with Crippen LogP contribution in [0.25, 0.3) is 10.8 Å². The molecule has 1 atom stereocenters. The van der Waals surface area contributed by atoms with E-state index in [9.17, 15) is 4.79 Å². The first-order valence-electron chi connectivity index (χ1n) is 8.85. The van der Waals surface area contributed by atoms with Gasteiger partial charge in [0, 0.05) is 5.39 Å². The molecule has 134 valence electrons. The molecule has 3 aromatic rings. The molecule has 0 saturated carbocycles. The minimum absolute atomic E-state index is 0.295. The molecule has 0 radical (unpaired) electrons. The third kappa shape index (κ3) is 4.14. The number of ether oxygens (including phenoxy) is 1. The van der Waals surface area contributed by atoms with Crippen LogP contribution < -0.4 is 15.4 Å². The first-order valence-corrected chi connectivity index (χ1v) is 8.85. The van der Waals surface area contributed by atoms with Gasteiger partial charge < -0.3 is 15.4 Å². The van der Waals surface area contributed by atoms with Crippen LogP contribution in [0.5, 0.6) is 5.75 Å². The minimum Gasteiger partial charge on any atom is -0.471 e. The average molecular weight is 348 g/mol. The quantitative estimate of drug-likeness (QED) is 0.597. The summed E-state index contributed by atoms with van der Waals surface area (Å²) in [6.07, 6.45) is -0.454. The van der Waals surface area contributed by atoms with Crippen molar-refractivity contribution in [2.45, 2.75) is 32.9 Å². The van der Waals surface area contributed by atoms with Crippen LogP contribution >= 0.6 is 0 Å². The molecular weight excluding hydrogens is 324 g/mol. The van der Waals surface area contributed by atoms with Crippen LogP contribution in [0.3, 0.4) is 0 Å². The molecule has 0 heterocycles. The highest BCUT2D eigenvalue weighted by Gasteiger charge is 2.13. The zero-order chi connectivity index (χ0) is 18.5. The summed E-state index contributed by atoms with van der Waals surface area (Å²) in [4.78, 5) is 12.4. The molecule has 26 heavy (non-hydrogen) atoms. The fourth-order valence-electron chi connectivity index (χ4n) is 2.96. The largest absolute Gasteiger partial charge is 0.471 e. The topological polar surface area (TPSA) is 50.4 Å². The van der Waals surface area contributed by atoms with E-state index in [0.29, 0.717) is 5.92 Å². The lowest BCUT2D eigenvalue weighted by atomic mass is 10.0. The summed E-state index contributed by atoms with van der Waals surface area (Å²) in [6.45, 7) is 6.06. The Hall–Kier alpha value is -3.01. The number of benzene rings is 3. The van der Waals surface area contributed by atoms with Gasteiger partial charge in [0.2, 0.25) is 0 Å². The predicted molar refractivity (Wildman–Crippen MR) is 107 cm³/mol. The number of amides is 2. The Labute approximate surface area is 154 Å². The van der Waals surface area contributed by atoms with Gasteiger partial charge in [-0.3, -0.25) is 0 Å². The molecule has 0 fully saturated rings. The van der Waals surface area contributed by atoms with E-state index < -0.39 is 6.23 Å². The van der Waals surface area contributed by atoms with Gasteiger partial charge in [-0.25, -0.2) is 4.79 Å². The van der Waals surface area contributed by atoms with Crippen molar-refractivity contribution in [3.63, 3.8) is 0 Å². The van der Waals surface area contributed by atoms with Crippen molar-refractivity contribution >= 4 is 22.5 Å².